The number of nitrogens with one attached hydrogen (secondary N) is 1. The molecular formula is C20H26BrN. The molecule has 1 nitrogen and oxygen atoms in total. The molecule has 1 N–H and O–H groups in total. The minimum Gasteiger partial charge on any atom is -0.316 e. The largest absolute Gasteiger partial charge is 0.316 e. The molecule has 0 spiro atoms. The van der Waals surface area contributed by atoms with E-state index in [0.29, 0.717) is 5.92 Å². The van der Waals surface area contributed by atoms with E-state index in [1.165, 1.54) is 43.5 Å². The molecule has 0 aromatic heterocycles. The topological polar surface area (TPSA) is 12.0 Å². The molecule has 1 heterocycles. The Morgan fingerprint density at radius 3 is 2.27 bits per heavy atom. The molecule has 0 radical (unpaired) electrons. The van der Waals surface area contributed by atoms with Crippen LogP contribution in [0.25, 0.3) is 0 Å². The summed E-state index contributed by atoms with van der Waals surface area (Å²) in [4.78, 5) is 0. The Morgan fingerprint density at radius 1 is 0.955 bits per heavy atom. The molecular weight excluding hydrogens is 334 g/mol. The molecule has 2 aromatic carbocycles. The summed E-state index contributed by atoms with van der Waals surface area (Å²) in [7, 11) is 0. The van der Waals surface area contributed by atoms with Crippen LogP contribution in [0.15, 0.2) is 60.7 Å². The van der Waals surface area contributed by atoms with Crippen molar-refractivity contribution in [2.75, 3.05) is 13.1 Å². The lowest BCUT2D eigenvalue weighted by Crippen LogP contribution is -2.30. The van der Waals surface area contributed by atoms with Crippen LogP contribution < -0.4 is 5.32 Å². The van der Waals surface area contributed by atoms with Crippen LogP contribution in [0.5, 0.6) is 0 Å². The van der Waals surface area contributed by atoms with Gasteiger partial charge in [-0.05, 0) is 61.7 Å². The first kappa shape index (κ1) is 17.2. The van der Waals surface area contributed by atoms with Crippen molar-refractivity contribution in [1.29, 1.82) is 0 Å². The number of hydrogen-bond donors (Lipinski definition) is 1. The first-order chi connectivity index (χ1) is 10.4. The van der Waals surface area contributed by atoms with Crippen LogP contribution in [0.1, 0.15) is 36.3 Å². The molecule has 22 heavy (non-hydrogen) atoms. The van der Waals surface area contributed by atoms with Crippen molar-refractivity contribution in [2.45, 2.75) is 31.6 Å². The third-order valence-corrected chi connectivity index (χ3v) is 4.61. The van der Waals surface area contributed by atoms with Crippen LogP contribution in [0, 0.1) is 5.92 Å². The van der Waals surface area contributed by atoms with Gasteiger partial charge in [0.25, 0.3) is 0 Å². The molecule has 2 unspecified atom stereocenters. The Hall–Kier alpha value is -1.12. The normalized spacial score (nSPS) is 19.2. The molecule has 1 aliphatic rings. The summed E-state index contributed by atoms with van der Waals surface area (Å²) in [6.07, 6.45) is 5.16. The second-order valence-electron chi connectivity index (χ2n) is 6.25. The van der Waals surface area contributed by atoms with Crippen LogP contribution in [0.3, 0.4) is 0 Å². The van der Waals surface area contributed by atoms with E-state index in [1.807, 2.05) is 0 Å². The van der Waals surface area contributed by atoms with Gasteiger partial charge in [0.05, 0.1) is 0 Å². The molecule has 3 rings (SSSR count). The average Bonchev–Trinajstić information content (AvgIpc) is 2.57. The van der Waals surface area contributed by atoms with Crippen molar-refractivity contribution >= 4 is 17.0 Å². The first-order valence-corrected chi connectivity index (χ1v) is 8.21. The summed E-state index contributed by atoms with van der Waals surface area (Å²) in [5.74, 6) is 1.46. The summed E-state index contributed by atoms with van der Waals surface area (Å²) in [5.41, 5.74) is 2.95. The van der Waals surface area contributed by atoms with E-state index in [-0.39, 0.29) is 17.0 Å². The van der Waals surface area contributed by atoms with Gasteiger partial charge in [0.1, 0.15) is 0 Å². The molecule has 2 atom stereocenters. The monoisotopic (exact) mass is 359 g/mol. The Labute approximate surface area is 144 Å². The lowest BCUT2D eigenvalue weighted by Gasteiger charge is -2.27. The highest BCUT2D eigenvalue weighted by atomic mass is 79.9. The summed E-state index contributed by atoms with van der Waals surface area (Å²) in [5, 5.41) is 3.56. The highest BCUT2D eigenvalue weighted by molar-refractivity contribution is 8.93. The van der Waals surface area contributed by atoms with Gasteiger partial charge < -0.3 is 5.32 Å². The van der Waals surface area contributed by atoms with Crippen LogP contribution in [-0.2, 0) is 6.42 Å². The summed E-state index contributed by atoms with van der Waals surface area (Å²) < 4.78 is 0. The van der Waals surface area contributed by atoms with Gasteiger partial charge in [-0.15, -0.1) is 17.0 Å². The van der Waals surface area contributed by atoms with E-state index < -0.39 is 0 Å². The van der Waals surface area contributed by atoms with Crippen molar-refractivity contribution < 1.29 is 0 Å². The van der Waals surface area contributed by atoms with E-state index in [1.54, 1.807) is 0 Å². The van der Waals surface area contributed by atoms with Gasteiger partial charge in [0.15, 0.2) is 0 Å². The molecule has 0 saturated carbocycles. The third-order valence-electron chi connectivity index (χ3n) is 4.61. The molecule has 1 aliphatic heterocycles. The highest BCUT2D eigenvalue weighted by Gasteiger charge is 2.20. The lowest BCUT2D eigenvalue weighted by molar-refractivity contribution is 0.334. The Balaban J connectivity index is 0.00000176. The number of hydrogen-bond acceptors (Lipinski definition) is 1. The minimum atomic E-state index is 0. The highest BCUT2D eigenvalue weighted by Crippen LogP contribution is 2.30. The minimum absolute atomic E-state index is 0. The van der Waals surface area contributed by atoms with E-state index >= 15 is 0 Å². The average molecular weight is 360 g/mol. The molecule has 1 saturated heterocycles. The van der Waals surface area contributed by atoms with Crippen LogP contribution >= 0.6 is 17.0 Å². The van der Waals surface area contributed by atoms with E-state index in [0.717, 1.165) is 12.3 Å². The Bertz CT molecular complexity index is 520. The van der Waals surface area contributed by atoms with Gasteiger partial charge in [-0.3, -0.25) is 0 Å². The zero-order valence-corrected chi connectivity index (χ0v) is 14.8. The molecule has 2 aromatic rings. The van der Waals surface area contributed by atoms with Gasteiger partial charge in [-0.2, -0.15) is 0 Å². The Morgan fingerprint density at radius 2 is 1.64 bits per heavy atom. The molecule has 2 heteroatoms. The van der Waals surface area contributed by atoms with E-state index in [9.17, 15) is 0 Å². The molecule has 118 valence electrons. The van der Waals surface area contributed by atoms with Crippen LogP contribution in [0.2, 0.25) is 0 Å². The maximum Gasteiger partial charge on any atom is -0.00203 e. The zero-order chi connectivity index (χ0) is 14.3. The van der Waals surface area contributed by atoms with Crippen molar-refractivity contribution in [3.05, 3.63) is 71.8 Å². The number of halogens is 1. The van der Waals surface area contributed by atoms with Gasteiger partial charge in [-0.25, -0.2) is 0 Å². The predicted octanol–water partition coefficient (Wildman–Crippen LogP) is 4.98. The van der Waals surface area contributed by atoms with Crippen molar-refractivity contribution in [2.24, 2.45) is 5.92 Å². The fourth-order valence-electron chi connectivity index (χ4n) is 3.49. The smallest absolute Gasteiger partial charge is 0.00203 e. The summed E-state index contributed by atoms with van der Waals surface area (Å²) in [6.45, 7) is 2.39. The Kier molecular flexibility index (Phi) is 7.14. The molecule has 0 amide bonds. The van der Waals surface area contributed by atoms with Gasteiger partial charge in [0, 0.05) is 0 Å². The number of benzene rings is 2. The first-order valence-electron chi connectivity index (χ1n) is 8.21. The quantitative estimate of drug-likeness (QED) is 0.793. The fourth-order valence-corrected chi connectivity index (χ4v) is 3.49. The van der Waals surface area contributed by atoms with Gasteiger partial charge >= 0.3 is 0 Å². The molecule has 1 fully saturated rings. The van der Waals surface area contributed by atoms with Gasteiger partial charge in [-0.1, -0.05) is 60.7 Å². The fraction of sp³-hybridized carbons (Fsp3) is 0.400. The zero-order valence-electron chi connectivity index (χ0n) is 13.1. The lowest BCUT2D eigenvalue weighted by atomic mass is 9.82. The molecule has 0 bridgehead atoms. The van der Waals surface area contributed by atoms with E-state index in [2.05, 4.69) is 66.0 Å². The second-order valence-corrected chi connectivity index (χ2v) is 6.25. The predicted molar refractivity (Wildman–Crippen MR) is 99.9 cm³/mol. The molecule has 0 aliphatic carbocycles. The maximum absolute atomic E-state index is 3.56. The summed E-state index contributed by atoms with van der Waals surface area (Å²) >= 11 is 0. The maximum atomic E-state index is 3.56. The van der Waals surface area contributed by atoms with Crippen LogP contribution in [0.4, 0.5) is 0 Å². The van der Waals surface area contributed by atoms with E-state index in [4.69, 9.17) is 0 Å². The van der Waals surface area contributed by atoms with Crippen molar-refractivity contribution in [3.63, 3.8) is 0 Å². The number of rotatable bonds is 5. The van der Waals surface area contributed by atoms with Gasteiger partial charge in [0.2, 0.25) is 0 Å². The van der Waals surface area contributed by atoms with Crippen molar-refractivity contribution in [1.82, 2.24) is 5.32 Å². The second kappa shape index (κ2) is 9.12. The SMILES string of the molecule is Br.c1ccc(CC(CC2CCCNC2)c2ccccc2)cc1. The standard InChI is InChI=1S/C20H25N.BrH/c1-3-8-17(9-4-1)14-20(19-11-5-2-6-12-19)15-18-10-7-13-21-16-18;/h1-6,8-9,11-12,18,20-21H,7,10,13-16H2;1H. The van der Waals surface area contributed by atoms with Crippen molar-refractivity contribution in [3.8, 4) is 0 Å². The van der Waals surface area contributed by atoms with Crippen LogP contribution in [-0.4, -0.2) is 13.1 Å². The third kappa shape index (κ3) is 4.96. The number of piperidine rings is 1. The summed E-state index contributed by atoms with van der Waals surface area (Å²) in [6, 6.07) is 22.0.